The topological polar surface area (TPSA) is 69.4 Å². The van der Waals surface area contributed by atoms with Crippen LogP contribution in [0.2, 0.25) is 0 Å². The second-order valence-electron chi connectivity index (χ2n) is 5.36. The summed E-state index contributed by atoms with van der Waals surface area (Å²) in [4.78, 5) is 0. The van der Waals surface area contributed by atoms with E-state index < -0.39 is 10.0 Å². The largest absolute Gasteiger partial charge is 0.375 e. The zero-order valence-corrected chi connectivity index (χ0v) is 12.6. The van der Waals surface area contributed by atoms with Crippen LogP contribution in [-0.2, 0) is 14.8 Å². The van der Waals surface area contributed by atoms with Crippen LogP contribution in [0.15, 0.2) is 30.3 Å². The maximum atomic E-state index is 11.3. The lowest BCUT2D eigenvalue weighted by Gasteiger charge is -2.27. The predicted molar refractivity (Wildman–Crippen MR) is 77.5 cm³/mol. The number of ether oxygens (including phenoxy) is 1. The first-order valence-electron chi connectivity index (χ1n) is 6.43. The van der Waals surface area contributed by atoms with Gasteiger partial charge in [-0.2, -0.15) is 0 Å². The van der Waals surface area contributed by atoms with Crippen molar-refractivity contribution >= 4 is 10.0 Å². The molecule has 1 aromatic carbocycles. The van der Waals surface area contributed by atoms with Gasteiger partial charge in [-0.3, -0.25) is 0 Å². The van der Waals surface area contributed by atoms with E-state index >= 15 is 0 Å². The molecule has 1 rings (SSSR count). The summed E-state index contributed by atoms with van der Waals surface area (Å²) in [7, 11) is -3.53. The fourth-order valence-corrected chi connectivity index (χ4v) is 2.52. The Bertz CT molecular complexity index is 483. The minimum Gasteiger partial charge on any atom is -0.375 e. The zero-order chi connectivity index (χ0) is 14.5. The van der Waals surface area contributed by atoms with Crippen LogP contribution in [0.5, 0.6) is 0 Å². The standard InChI is InChI=1S/C14H23NO3S/c1-4-14(2,3)18-10-13(11-19(15,16)17)12-8-6-5-7-9-12/h5-9,13H,4,10-11H2,1-3H3,(H2,15,16,17). The van der Waals surface area contributed by atoms with Crippen LogP contribution in [0.25, 0.3) is 0 Å². The predicted octanol–water partition coefficient (Wildman–Crippen LogP) is 2.26. The Balaban J connectivity index is 2.82. The SMILES string of the molecule is CCC(C)(C)OCC(CS(N)(=O)=O)c1ccccc1. The Morgan fingerprint density at radius 1 is 1.26 bits per heavy atom. The van der Waals surface area contributed by atoms with E-state index in [1.165, 1.54) is 0 Å². The highest BCUT2D eigenvalue weighted by Crippen LogP contribution is 2.22. The molecule has 108 valence electrons. The molecule has 0 saturated heterocycles. The van der Waals surface area contributed by atoms with Crippen LogP contribution in [-0.4, -0.2) is 26.4 Å². The number of rotatable bonds is 7. The quantitative estimate of drug-likeness (QED) is 0.835. The summed E-state index contributed by atoms with van der Waals surface area (Å²) in [6, 6.07) is 9.47. The molecular formula is C14H23NO3S. The number of hydrogen-bond acceptors (Lipinski definition) is 3. The maximum Gasteiger partial charge on any atom is 0.209 e. The molecule has 0 aliphatic rings. The molecule has 19 heavy (non-hydrogen) atoms. The monoisotopic (exact) mass is 285 g/mol. The number of benzene rings is 1. The van der Waals surface area contributed by atoms with Crippen molar-refractivity contribution in [1.82, 2.24) is 0 Å². The van der Waals surface area contributed by atoms with Gasteiger partial charge in [-0.1, -0.05) is 37.3 Å². The maximum absolute atomic E-state index is 11.3. The van der Waals surface area contributed by atoms with E-state index in [4.69, 9.17) is 9.88 Å². The van der Waals surface area contributed by atoms with Gasteiger partial charge < -0.3 is 4.74 Å². The molecule has 1 unspecified atom stereocenters. The Morgan fingerprint density at radius 2 is 1.84 bits per heavy atom. The minimum absolute atomic E-state index is 0.100. The second-order valence-corrected chi connectivity index (χ2v) is 7.02. The van der Waals surface area contributed by atoms with Crippen LogP contribution >= 0.6 is 0 Å². The third-order valence-corrected chi connectivity index (χ3v) is 4.10. The van der Waals surface area contributed by atoms with E-state index in [9.17, 15) is 8.42 Å². The fraction of sp³-hybridized carbons (Fsp3) is 0.571. The van der Waals surface area contributed by atoms with Gasteiger partial charge in [-0.05, 0) is 25.8 Å². The molecule has 4 nitrogen and oxygen atoms in total. The van der Waals surface area contributed by atoms with Crippen molar-refractivity contribution in [2.45, 2.75) is 38.7 Å². The summed E-state index contributed by atoms with van der Waals surface area (Å²) in [6.07, 6.45) is 0.865. The molecule has 0 aliphatic carbocycles. The van der Waals surface area contributed by atoms with Crippen molar-refractivity contribution in [2.24, 2.45) is 5.14 Å². The van der Waals surface area contributed by atoms with Gasteiger partial charge in [0.15, 0.2) is 0 Å². The summed E-state index contributed by atoms with van der Waals surface area (Å²) >= 11 is 0. The highest BCUT2D eigenvalue weighted by atomic mass is 32.2. The summed E-state index contributed by atoms with van der Waals surface area (Å²) in [6.45, 7) is 6.37. The van der Waals surface area contributed by atoms with Crippen LogP contribution in [0.3, 0.4) is 0 Å². The Morgan fingerprint density at radius 3 is 2.32 bits per heavy atom. The number of hydrogen-bond donors (Lipinski definition) is 1. The number of sulfonamides is 1. The first-order valence-corrected chi connectivity index (χ1v) is 8.14. The summed E-state index contributed by atoms with van der Waals surface area (Å²) in [5.74, 6) is -0.335. The van der Waals surface area contributed by atoms with Crippen molar-refractivity contribution in [3.8, 4) is 0 Å². The molecule has 0 amide bonds. The molecule has 0 heterocycles. The summed E-state index contributed by atoms with van der Waals surface area (Å²) in [5, 5.41) is 5.16. The van der Waals surface area contributed by atoms with Crippen LogP contribution in [0.4, 0.5) is 0 Å². The van der Waals surface area contributed by atoms with Gasteiger partial charge in [0.05, 0.1) is 18.0 Å². The van der Waals surface area contributed by atoms with Crippen molar-refractivity contribution in [3.63, 3.8) is 0 Å². The summed E-state index contributed by atoms with van der Waals surface area (Å²) < 4.78 is 28.5. The molecule has 0 aromatic heterocycles. The van der Waals surface area contributed by atoms with Gasteiger partial charge in [0.2, 0.25) is 10.0 Å². The molecule has 0 radical (unpaired) electrons. The van der Waals surface area contributed by atoms with Crippen molar-refractivity contribution in [1.29, 1.82) is 0 Å². The molecule has 0 aliphatic heterocycles. The van der Waals surface area contributed by atoms with Crippen LogP contribution in [0, 0.1) is 0 Å². The Kier molecular flexibility index (Phi) is 5.52. The lowest BCUT2D eigenvalue weighted by Crippen LogP contribution is -2.30. The lowest BCUT2D eigenvalue weighted by molar-refractivity contribution is -0.0252. The molecule has 0 spiro atoms. The van der Waals surface area contributed by atoms with Crippen molar-refractivity contribution < 1.29 is 13.2 Å². The molecule has 1 atom stereocenters. The van der Waals surface area contributed by atoms with Crippen molar-refractivity contribution in [2.75, 3.05) is 12.4 Å². The number of nitrogens with two attached hydrogens (primary N) is 1. The third kappa shape index (κ3) is 6.18. The van der Waals surface area contributed by atoms with Crippen LogP contribution in [0.1, 0.15) is 38.7 Å². The van der Waals surface area contributed by atoms with E-state index in [1.807, 2.05) is 51.1 Å². The first kappa shape index (κ1) is 16.1. The van der Waals surface area contributed by atoms with E-state index in [-0.39, 0.29) is 17.3 Å². The second kappa shape index (κ2) is 6.50. The van der Waals surface area contributed by atoms with Gasteiger partial charge in [0.1, 0.15) is 0 Å². The fourth-order valence-electron chi connectivity index (χ4n) is 1.67. The number of primary sulfonamides is 1. The average Bonchev–Trinajstić information content (AvgIpc) is 2.34. The lowest BCUT2D eigenvalue weighted by atomic mass is 10.0. The van der Waals surface area contributed by atoms with E-state index in [1.54, 1.807) is 0 Å². The Labute approximate surface area is 116 Å². The molecule has 0 fully saturated rings. The van der Waals surface area contributed by atoms with Gasteiger partial charge in [-0.25, -0.2) is 13.6 Å². The van der Waals surface area contributed by atoms with Gasteiger partial charge in [0, 0.05) is 5.92 Å². The highest BCUT2D eigenvalue weighted by molar-refractivity contribution is 7.89. The molecule has 1 aromatic rings. The van der Waals surface area contributed by atoms with Crippen LogP contribution < -0.4 is 5.14 Å². The normalized spacial score (nSPS) is 14.3. The van der Waals surface area contributed by atoms with Gasteiger partial charge in [-0.15, -0.1) is 0 Å². The molecule has 5 heteroatoms. The molecule has 2 N–H and O–H groups in total. The van der Waals surface area contributed by atoms with E-state index in [2.05, 4.69) is 0 Å². The Hall–Kier alpha value is -0.910. The zero-order valence-electron chi connectivity index (χ0n) is 11.8. The molecule has 0 saturated carbocycles. The molecule has 0 bridgehead atoms. The van der Waals surface area contributed by atoms with E-state index in [0.29, 0.717) is 6.61 Å². The van der Waals surface area contributed by atoms with Crippen molar-refractivity contribution in [3.05, 3.63) is 35.9 Å². The molecular weight excluding hydrogens is 262 g/mol. The summed E-state index contributed by atoms with van der Waals surface area (Å²) in [5.41, 5.74) is 0.675. The first-order chi connectivity index (χ1) is 8.73. The van der Waals surface area contributed by atoms with Gasteiger partial charge >= 0.3 is 0 Å². The average molecular weight is 285 g/mol. The third-order valence-electron chi connectivity index (χ3n) is 3.23. The highest BCUT2D eigenvalue weighted by Gasteiger charge is 2.22. The smallest absolute Gasteiger partial charge is 0.209 e. The minimum atomic E-state index is -3.53. The van der Waals surface area contributed by atoms with Gasteiger partial charge in [0.25, 0.3) is 0 Å². The van der Waals surface area contributed by atoms with E-state index in [0.717, 1.165) is 12.0 Å².